The second kappa shape index (κ2) is 6.03. The van der Waals surface area contributed by atoms with Crippen LogP contribution in [-0.2, 0) is 16.1 Å². The Hall–Kier alpha value is -1.85. The molecule has 1 amide bonds. The lowest BCUT2D eigenvalue weighted by molar-refractivity contribution is -0.149. The van der Waals surface area contributed by atoms with Crippen molar-refractivity contribution in [3.8, 4) is 0 Å². The molecule has 0 saturated carbocycles. The first-order chi connectivity index (χ1) is 8.06. The van der Waals surface area contributed by atoms with Crippen LogP contribution in [0.3, 0.4) is 0 Å². The van der Waals surface area contributed by atoms with Crippen molar-refractivity contribution in [1.82, 2.24) is 14.7 Å². The van der Waals surface area contributed by atoms with Gasteiger partial charge in [0.05, 0.1) is 0 Å². The normalized spacial score (nSPS) is 12.1. The first kappa shape index (κ1) is 13.2. The predicted octanol–water partition coefficient (Wildman–Crippen LogP) is 0.595. The number of aromatic nitrogens is 2. The maximum Gasteiger partial charge on any atom is 0.326 e. The summed E-state index contributed by atoms with van der Waals surface area (Å²) in [5, 5.41) is 12.9. The average molecular weight is 239 g/mol. The van der Waals surface area contributed by atoms with Crippen molar-refractivity contribution >= 4 is 11.9 Å². The van der Waals surface area contributed by atoms with Crippen molar-refractivity contribution in [3.63, 3.8) is 0 Å². The van der Waals surface area contributed by atoms with E-state index < -0.39 is 12.0 Å². The monoisotopic (exact) mass is 239 g/mol. The van der Waals surface area contributed by atoms with E-state index in [1.54, 1.807) is 30.1 Å². The molecule has 1 heterocycles. The molecule has 0 aromatic carbocycles. The quantitative estimate of drug-likeness (QED) is 0.788. The number of aryl methyl sites for hydroxylation is 1. The first-order valence-corrected chi connectivity index (χ1v) is 5.52. The van der Waals surface area contributed by atoms with Crippen molar-refractivity contribution in [2.24, 2.45) is 0 Å². The van der Waals surface area contributed by atoms with Gasteiger partial charge in [0.15, 0.2) is 0 Å². The standard InChI is InChI=1S/C11H17N3O3/c1-3-9(11(16)17)13(2)10(15)5-8-14-7-4-6-12-14/h4,6-7,9H,3,5,8H2,1-2H3,(H,16,17). The van der Waals surface area contributed by atoms with E-state index in [9.17, 15) is 9.59 Å². The number of carbonyl (C=O) groups is 2. The molecular weight excluding hydrogens is 222 g/mol. The van der Waals surface area contributed by atoms with Gasteiger partial charge in [0.25, 0.3) is 0 Å². The van der Waals surface area contributed by atoms with Crippen LogP contribution < -0.4 is 0 Å². The third-order valence-corrected chi connectivity index (χ3v) is 2.65. The summed E-state index contributed by atoms with van der Waals surface area (Å²) >= 11 is 0. The zero-order chi connectivity index (χ0) is 12.8. The van der Waals surface area contributed by atoms with Crippen LogP contribution in [-0.4, -0.2) is 44.8 Å². The third-order valence-electron chi connectivity index (χ3n) is 2.65. The largest absolute Gasteiger partial charge is 0.480 e. The van der Waals surface area contributed by atoms with E-state index in [0.717, 1.165) is 0 Å². The molecule has 6 nitrogen and oxygen atoms in total. The summed E-state index contributed by atoms with van der Waals surface area (Å²) in [6.45, 7) is 2.21. The first-order valence-electron chi connectivity index (χ1n) is 5.52. The lowest BCUT2D eigenvalue weighted by atomic mass is 10.2. The Morgan fingerprint density at radius 2 is 2.24 bits per heavy atom. The van der Waals surface area contributed by atoms with E-state index in [0.29, 0.717) is 13.0 Å². The average Bonchev–Trinajstić information content (AvgIpc) is 2.78. The van der Waals surface area contributed by atoms with Crippen LogP contribution in [0, 0.1) is 0 Å². The van der Waals surface area contributed by atoms with E-state index in [-0.39, 0.29) is 12.3 Å². The summed E-state index contributed by atoms with van der Waals surface area (Å²) in [5.41, 5.74) is 0. The summed E-state index contributed by atoms with van der Waals surface area (Å²) < 4.78 is 1.65. The molecule has 6 heteroatoms. The molecule has 17 heavy (non-hydrogen) atoms. The van der Waals surface area contributed by atoms with Gasteiger partial charge in [0, 0.05) is 32.4 Å². The minimum Gasteiger partial charge on any atom is -0.480 e. The number of likely N-dealkylation sites (N-methyl/N-ethyl adjacent to an activating group) is 1. The fraction of sp³-hybridized carbons (Fsp3) is 0.545. The van der Waals surface area contributed by atoms with Crippen LogP contribution in [0.4, 0.5) is 0 Å². The summed E-state index contributed by atoms with van der Waals surface area (Å²) in [4.78, 5) is 23.9. The third kappa shape index (κ3) is 3.58. The molecule has 1 aromatic heterocycles. The Bertz CT molecular complexity index is 375. The number of hydrogen-bond acceptors (Lipinski definition) is 3. The molecule has 0 aliphatic heterocycles. The van der Waals surface area contributed by atoms with Crippen molar-refractivity contribution in [2.45, 2.75) is 32.4 Å². The van der Waals surface area contributed by atoms with Gasteiger partial charge >= 0.3 is 5.97 Å². The SMILES string of the molecule is CCC(C(=O)O)N(C)C(=O)CCn1cccn1. The molecule has 1 N–H and O–H groups in total. The molecule has 0 spiro atoms. The molecule has 1 atom stereocenters. The Kier molecular flexibility index (Phi) is 4.68. The van der Waals surface area contributed by atoms with Gasteiger partial charge in [0.1, 0.15) is 6.04 Å². The van der Waals surface area contributed by atoms with Crippen LogP contribution in [0.25, 0.3) is 0 Å². The lowest BCUT2D eigenvalue weighted by Crippen LogP contribution is -2.42. The maximum absolute atomic E-state index is 11.8. The van der Waals surface area contributed by atoms with Crippen molar-refractivity contribution < 1.29 is 14.7 Å². The summed E-state index contributed by atoms with van der Waals surface area (Å²) in [7, 11) is 1.52. The molecule has 0 aliphatic rings. The number of carboxylic acids is 1. The van der Waals surface area contributed by atoms with Crippen LogP contribution in [0.5, 0.6) is 0 Å². The molecule has 94 valence electrons. The zero-order valence-electron chi connectivity index (χ0n) is 10.0. The summed E-state index contributed by atoms with van der Waals surface area (Å²) in [6, 6.07) is 1.03. The number of amides is 1. The highest BCUT2D eigenvalue weighted by Crippen LogP contribution is 2.05. The minimum absolute atomic E-state index is 0.185. The zero-order valence-corrected chi connectivity index (χ0v) is 10.0. The predicted molar refractivity (Wildman–Crippen MR) is 61.3 cm³/mol. The van der Waals surface area contributed by atoms with Gasteiger partial charge in [-0.05, 0) is 12.5 Å². The van der Waals surface area contributed by atoms with Crippen LogP contribution in [0.1, 0.15) is 19.8 Å². The van der Waals surface area contributed by atoms with Crippen LogP contribution in [0.2, 0.25) is 0 Å². The van der Waals surface area contributed by atoms with Gasteiger partial charge in [-0.25, -0.2) is 4.79 Å². The van der Waals surface area contributed by atoms with E-state index in [4.69, 9.17) is 5.11 Å². The Labute approximate surface area is 99.8 Å². The fourth-order valence-electron chi connectivity index (χ4n) is 1.61. The second-order valence-electron chi connectivity index (χ2n) is 3.79. The molecule has 0 aliphatic carbocycles. The second-order valence-corrected chi connectivity index (χ2v) is 3.79. The number of carboxylic acid groups (broad SMARTS) is 1. The molecule has 1 unspecified atom stereocenters. The Balaban J connectivity index is 2.49. The number of carbonyl (C=O) groups excluding carboxylic acids is 1. The van der Waals surface area contributed by atoms with E-state index in [2.05, 4.69) is 5.10 Å². The number of nitrogens with zero attached hydrogens (tertiary/aromatic N) is 3. The van der Waals surface area contributed by atoms with E-state index >= 15 is 0 Å². The van der Waals surface area contributed by atoms with Gasteiger partial charge in [-0.2, -0.15) is 5.10 Å². The summed E-state index contributed by atoms with van der Waals surface area (Å²) in [5.74, 6) is -1.16. The van der Waals surface area contributed by atoms with Crippen molar-refractivity contribution in [3.05, 3.63) is 18.5 Å². The highest BCUT2D eigenvalue weighted by atomic mass is 16.4. The van der Waals surface area contributed by atoms with Crippen LogP contribution >= 0.6 is 0 Å². The molecule has 1 rings (SSSR count). The maximum atomic E-state index is 11.8. The van der Waals surface area contributed by atoms with E-state index in [1.807, 2.05) is 0 Å². The number of rotatable bonds is 6. The number of aliphatic carboxylic acids is 1. The highest BCUT2D eigenvalue weighted by molar-refractivity contribution is 5.83. The van der Waals surface area contributed by atoms with Gasteiger partial charge < -0.3 is 10.0 Å². The Morgan fingerprint density at radius 1 is 1.53 bits per heavy atom. The number of hydrogen-bond donors (Lipinski definition) is 1. The van der Waals surface area contributed by atoms with Gasteiger partial charge in [-0.1, -0.05) is 6.92 Å². The molecule has 0 saturated heterocycles. The summed E-state index contributed by atoms with van der Waals surface area (Å²) in [6.07, 6.45) is 4.06. The van der Waals surface area contributed by atoms with Gasteiger partial charge in [-0.3, -0.25) is 9.48 Å². The molecule has 0 bridgehead atoms. The van der Waals surface area contributed by atoms with Gasteiger partial charge in [-0.15, -0.1) is 0 Å². The van der Waals surface area contributed by atoms with Crippen LogP contribution in [0.15, 0.2) is 18.5 Å². The molecule has 1 aromatic rings. The van der Waals surface area contributed by atoms with Crippen molar-refractivity contribution in [1.29, 1.82) is 0 Å². The fourth-order valence-corrected chi connectivity index (χ4v) is 1.61. The highest BCUT2D eigenvalue weighted by Gasteiger charge is 2.24. The topological polar surface area (TPSA) is 75.4 Å². The molecule has 0 radical (unpaired) electrons. The molecule has 0 fully saturated rings. The lowest BCUT2D eigenvalue weighted by Gasteiger charge is -2.23. The molecular formula is C11H17N3O3. The Morgan fingerprint density at radius 3 is 2.71 bits per heavy atom. The minimum atomic E-state index is -0.970. The van der Waals surface area contributed by atoms with Gasteiger partial charge in [0.2, 0.25) is 5.91 Å². The van der Waals surface area contributed by atoms with E-state index in [1.165, 1.54) is 11.9 Å². The van der Waals surface area contributed by atoms with Crippen molar-refractivity contribution in [2.75, 3.05) is 7.05 Å². The smallest absolute Gasteiger partial charge is 0.326 e.